The van der Waals surface area contributed by atoms with Crippen molar-refractivity contribution in [1.82, 2.24) is 20.9 Å². The lowest BCUT2D eigenvalue weighted by Crippen LogP contribution is -2.51. The number of aromatic nitrogens is 1. The maximum atomic E-state index is 13.1. The zero-order valence-electron chi connectivity index (χ0n) is 20.2. The largest absolute Gasteiger partial charge is 0.496 e. The monoisotopic (exact) mass is 467 g/mol. The van der Waals surface area contributed by atoms with E-state index in [4.69, 9.17) is 4.74 Å². The number of nitrogens with zero attached hydrogens (tertiary/aromatic N) is 1. The Kier molecular flexibility index (Phi) is 7.82. The van der Waals surface area contributed by atoms with E-state index in [1.807, 2.05) is 39.0 Å². The van der Waals surface area contributed by atoms with Gasteiger partial charge in [0, 0.05) is 23.4 Å². The van der Waals surface area contributed by atoms with Crippen LogP contribution in [0, 0.1) is 22.7 Å². The van der Waals surface area contributed by atoms with Crippen molar-refractivity contribution in [3.8, 4) is 11.8 Å². The molecular formula is C25H33N5O4. The van der Waals surface area contributed by atoms with E-state index < -0.39 is 23.9 Å². The van der Waals surface area contributed by atoms with Crippen LogP contribution in [0.1, 0.15) is 56.9 Å². The highest BCUT2D eigenvalue weighted by atomic mass is 16.5. The van der Waals surface area contributed by atoms with Crippen molar-refractivity contribution in [2.24, 2.45) is 11.3 Å². The minimum Gasteiger partial charge on any atom is -0.496 e. The number of hydrogen-bond acceptors (Lipinski definition) is 5. The minimum absolute atomic E-state index is 0.0884. The van der Waals surface area contributed by atoms with E-state index in [0.717, 1.165) is 17.3 Å². The summed E-state index contributed by atoms with van der Waals surface area (Å²) in [7, 11) is 1.56. The Hall–Kier alpha value is -3.54. The molecule has 9 heteroatoms. The van der Waals surface area contributed by atoms with Gasteiger partial charge in [0.15, 0.2) is 0 Å². The molecule has 4 N–H and O–H groups in total. The van der Waals surface area contributed by atoms with Crippen molar-refractivity contribution in [3.05, 3.63) is 30.0 Å². The summed E-state index contributed by atoms with van der Waals surface area (Å²) in [5.41, 5.74) is 0.795. The van der Waals surface area contributed by atoms with Gasteiger partial charge in [0.25, 0.3) is 5.91 Å². The maximum absolute atomic E-state index is 13.1. The third kappa shape index (κ3) is 6.28. The van der Waals surface area contributed by atoms with Gasteiger partial charge < -0.3 is 25.7 Å². The molecule has 1 fully saturated rings. The van der Waals surface area contributed by atoms with E-state index in [1.54, 1.807) is 13.2 Å². The predicted octanol–water partition coefficient (Wildman–Crippen LogP) is 2.64. The number of aromatic amines is 1. The molecule has 1 aliphatic rings. The first-order valence-electron chi connectivity index (χ1n) is 11.6. The Balaban J connectivity index is 1.74. The highest BCUT2D eigenvalue weighted by Crippen LogP contribution is 2.26. The van der Waals surface area contributed by atoms with Crippen LogP contribution in [0.5, 0.6) is 5.75 Å². The second kappa shape index (κ2) is 10.6. The zero-order valence-corrected chi connectivity index (χ0v) is 20.2. The molecule has 0 radical (unpaired) electrons. The summed E-state index contributed by atoms with van der Waals surface area (Å²) in [6, 6.07) is 7.58. The van der Waals surface area contributed by atoms with E-state index in [-0.39, 0.29) is 23.7 Å². The Morgan fingerprint density at radius 2 is 2.06 bits per heavy atom. The topological polar surface area (TPSA) is 136 Å². The van der Waals surface area contributed by atoms with E-state index in [0.29, 0.717) is 30.8 Å². The van der Waals surface area contributed by atoms with E-state index >= 15 is 0 Å². The van der Waals surface area contributed by atoms with Crippen LogP contribution in [0.4, 0.5) is 0 Å². The van der Waals surface area contributed by atoms with Gasteiger partial charge in [-0.1, -0.05) is 26.8 Å². The van der Waals surface area contributed by atoms with Gasteiger partial charge in [0.05, 0.1) is 13.2 Å². The highest BCUT2D eigenvalue weighted by molar-refractivity contribution is 6.01. The SMILES string of the molecule is COc1cccc2[nH]c(C(=O)N[C@@H](CC(C)(C)C)C(=O)N[C@H](C#N)C[C@@H]3CCCNC3=O)cc12. The second-order valence-electron chi connectivity index (χ2n) is 9.95. The predicted molar refractivity (Wildman–Crippen MR) is 128 cm³/mol. The molecule has 0 aliphatic carbocycles. The number of rotatable bonds is 8. The molecule has 0 saturated carbocycles. The molecule has 1 aromatic carbocycles. The minimum atomic E-state index is -0.850. The molecule has 0 bridgehead atoms. The molecular weight excluding hydrogens is 434 g/mol. The van der Waals surface area contributed by atoms with Crippen LogP contribution in [0.3, 0.4) is 0 Å². The quantitative estimate of drug-likeness (QED) is 0.473. The average Bonchev–Trinajstić information content (AvgIpc) is 3.23. The van der Waals surface area contributed by atoms with Gasteiger partial charge in [-0.15, -0.1) is 0 Å². The smallest absolute Gasteiger partial charge is 0.268 e. The summed E-state index contributed by atoms with van der Waals surface area (Å²) in [5.74, 6) is -0.631. The summed E-state index contributed by atoms with van der Waals surface area (Å²) in [4.78, 5) is 41.3. The fourth-order valence-electron chi connectivity index (χ4n) is 4.25. The fraction of sp³-hybridized carbons (Fsp3) is 0.520. The first kappa shape index (κ1) is 25.1. The summed E-state index contributed by atoms with van der Waals surface area (Å²) < 4.78 is 5.36. The summed E-state index contributed by atoms with van der Waals surface area (Å²) in [6.45, 7) is 6.56. The van der Waals surface area contributed by atoms with E-state index in [2.05, 4.69) is 27.0 Å². The number of hydrogen-bond donors (Lipinski definition) is 4. The third-order valence-electron chi connectivity index (χ3n) is 5.92. The Bertz CT molecular complexity index is 1090. The van der Waals surface area contributed by atoms with Crippen molar-refractivity contribution in [2.75, 3.05) is 13.7 Å². The number of ether oxygens (including phenoxy) is 1. The molecule has 182 valence electrons. The van der Waals surface area contributed by atoms with Gasteiger partial charge in [-0.2, -0.15) is 5.26 Å². The van der Waals surface area contributed by atoms with Crippen LogP contribution in [0.15, 0.2) is 24.3 Å². The van der Waals surface area contributed by atoms with Crippen molar-refractivity contribution in [1.29, 1.82) is 5.26 Å². The van der Waals surface area contributed by atoms with Crippen molar-refractivity contribution in [3.63, 3.8) is 0 Å². The average molecular weight is 468 g/mol. The van der Waals surface area contributed by atoms with Crippen LogP contribution in [-0.2, 0) is 9.59 Å². The lowest BCUT2D eigenvalue weighted by Gasteiger charge is -2.28. The van der Waals surface area contributed by atoms with Gasteiger partial charge in [-0.3, -0.25) is 14.4 Å². The van der Waals surface area contributed by atoms with Crippen LogP contribution >= 0.6 is 0 Å². The number of H-pyrrole nitrogens is 1. The molecule has 1 aliphatic heterocycles. The van der Waals surface area contributed by atoms with Gasteiger partial charge in [-0.25, -0.2) is 0 Å². The summed E-state index contributed by atoms with van der Waals surface area (Å²) in [5, 5.41) is 18.7. The van der Waals surface area contributed by atoms with Crippen LogP contribution in [-0.4, -0.2) is 48.4 Å². The molecule has 0 spiro atoms. The molecule has 0 unspecified atom stereocenters. The number of amides is 3. The molecule has 2 heterocycles. The number of carbonyl (C=O) groups is 3. The normalized spacial score (nSPS) is 17.9. The Morgan fingerprint density at radius 3 is 2.71 bits per heavy atom. The van der Waals surface area contributed by atoms with Gasteiger partial charge in [0.2, 0.25) is 11.8 Å². The first-order chi connectivity index (χ1) is 16.1. The molecule has 3 amide bonds. The number of piperidine rings is 1. The molecule has 34 heavy (non-hydrogen) atoms. The lowest BCUT2D eigenvalue weighted by atomic mass is 9.87. The molecule has 3 atom stereocenters. The number of benzene rings is 1. The van der Waals surface area contributed by atoms with Crippen molar-refractivity contribution < 1.29 is 19.1 Å². The third-order valence-corrected chi connectivity index (χ3v) is 5.92. The molecule has 1 aromatic heterocycles. The van der Waals surface area contributed by atoms with Gasteiger partial charge in [0.1, 0.15) is 23.5 Å². The number of nitrogens with one attached hydrogen (secondary N) is 4. The number of methoxy groups -OCH3 is 1. The van der Waals surface area contributed by atoms with Gasteiger partial charge in [-0.05, 0) is 49.3 Å². The van der Waals surface area contributed by atoms with Crippen LogP contribution < -0.4 is 20.7 Å². The van der Waals surface area contributed by atoms with Crippen molar-refractivity contribution >= 4 is 28.6 Å². The van der Waals surface area contributed by atoms with Crippen LogP contribution in [0.25, 0.3) is 10.9 Å². The number of carbonyl (C=O) groups excluding carboxylic acids is 3. The fourth-order valence-corrected chi connectivity index (χ4v) is 4.25. The molecule has 3 rings (SSSR count). The van der Waals surface area contributed by atoms with Crippen LogP contribution in [0.2, 0.25) is 0 Å². The second-order valence-corrected chi connectivity index (χ2v) is 9.95. The number of fused-ring (bicyclic) bond motifs is 1. The zero-order chi connectivity index (χ0) is 24.9. The molecule has 9 nitrogen and oxygen atoms in total. The summed E-state index contributed by atoms with van der Waals surface area (Å²) >= 11 is 0. The van der Waals surface area contributed by atoms with Crippen molar-refractivity contribution in [2.45, 2.75) is 58.5 Å². The molecule has 2 aromatic rings. The highest BCUT2D eigenvalue weighted by Gasteiger charge is 2.31. The molecule has 1 saturated heterocycles. The Labute approximate surface area is 199 Å². The lowest BCUT2D eigenvalue weighted by molar-refractivity contribution is -0.128. The maximum Gasteiger partial charge on any atom is 0.268 e. The van der Waals surface area contributed by atoms with E-state index in [1.165, 1.54) is 0 Å². The Morgan fingerprint density at radius 1 is 1.29 bits per heavy atom. The van der Waals surface area contributed by atoms with E-state index in [9.17, 15) is 19.6 Å². The summed E-state index contributed by atoms with van der Waals surface area (Å²) in [6.07, 6.45) is 2.15. The standard InChI is InChI=1S/C25H33N5O4/c1-25(2,3)13-20(24(33)28-16(14-26)11-15-7-6-10-27-22(15)31)30-23(32)19-12-17-18(29-19)8-5-9-21(17)34-4/h5,8-9,12,15-16,20,29H,6-7,10-11,13H2,1-4H3,(H,27,31)(H,28,33)(H,30,32)/t15-,16-,20-/m0/s1. The first-order valence-corrected chi connectivity index (χ1v) is 11.6. The van der Waals surface area contributed by atoms with Gasteiger partial charge >= 0.3 is 0 Å². The number of nitriles is 1.